The Labute approximate surface area is 285 Å². The SMILES string of the molecule is CCOC(=O)c1nc2c3c(-c4ccccc4)cc(-c4ccc(N5C(=O)/C(=N/Nc6ccccc6)N=C5c5ccccc5)cc4)nc3ncn2n1. The molecule has 4 aromatic carbocycles. The number of aromatic nitrogens is 5. The van der Waals surface area contributed by atoms with Gasteiger partial charge in [0.2, 0.25) is 5.84 Å². The molecule has 0 bridgehead atoms. The highest BCUT2D eigenvalue weighted by Gasteiger charge is 2.34. The lowest BCUT2D eigenvalue weighted by Gasteiger charge is -2.19. The second-order valence-electron chi connectivity index (χ2n) is 11.2. The summed E-state index contributed by atoms with van der Waals surface area (Å²) >= 11 is 0. The molecule has 12 nitrogen and oxygen atoms in total. The minimum Gasteiger partial charge on any atom is -0.460 e. The van der Waals surface area contributed by atoms with Crippen molar-refractivity contribution in [2.45, 2.75) is 6.92 Å². The predicted molar refractivity (Wildman–Crippen MR) is 191 cm³/mol. The van der Waals surface area contributed by atoms with E-state index in [1.807, 2.05) is 121 Å². The molecule has 0 aliphatic carbocycles. The standard InChI is InChI=1S/C38H27N9O3/c1-2-50-38(49)34-42-36-31-29(24-12-6-3-7-13-24)22-30(40-32(31)39-23-46(36)45-34)25-18-20-28(21-19-25)47-35(26-14-8-4-9-15-26)41-33(37(47)48)44-43-27-16-10-5-11-17-27/h3-23,43H,2H2,1H3/b44-33-. The van der Waals surface area contributed by atoms with Crippen molar-refractivity contribution in [3.63, 3.8) is 0 Å². The molecule has 0 radical (unpaired) electrons. The van der Waals surface area contributed by atoms with Crippen molar-refractivity contribution in [1.82, 2.24) is 24.6 Å². The van der Waals surface area contributed by atoms with Crippen LogP contribution in [-0.2, 0) is 9.53 Å². The molecule has 4 heterocycles. The number of para-hydroxylation sites is 1. The van der Waals surface area contributed by atoms with Gasteiger partial charge in [-0.15, -0.1) is 10.2 Å². The molecule has 7 aromatic rings. The first kappa shape index (κ1) is 30.3. The van der Waals surface area contributed by atoms with Gasteiger partial charge in [0.1, 0.15) is 12.2 Å². The highest BCUT2D eigenvalue weighted by Crippen LogP contribution is 2.34. The summed E-state index contributed by atoms with van der Waals surface area (Å²) in [6, 6.07) is 38.2. The molecule has 0 fully saturated rings. The first-order valence-electron chi connectivity index (χ1n) is 15.8. The number of carbonyl (C=O) groups is 2. The van der Waals surface area contributed by atoms with E-state index in [9.17, 15) is 9.59 Å². The number of amides is 1. The number of hydrazone groups is 1. The van der Waals surface area contributed by atoms with Crippen molar-refractivity contribution >= 4 is 51.6 Å². The number of nitrogens with zero attached hydrogens (tertiary/aromatic N) is 8. The van der Waals surface area contributed by atoms with Gasteiger partial charge in [-0.25, -0.2) is 29.3 Å². The summed E-state index contributed by atoms with van der Waals surface area (Å²) < 4.78 is 6.59. The number of esters is 1. The van der Waals surface area contributed by atoms with Crippen molar-refractivity contribution in [2.75, 3.05) is 16.9 Å². The molecule has 1 aliphatic rings. The maximum Gasteiger partial charge on any atom is 0.378 e. The molecule has 0 saturated heterocycles. The lowest BCUT2D eigenvalue weighted by atomic mass is 10.00. The van der Waals surface area contributed by atoms with E-state index in [4.69, 9.17) is 9.72 Å². The Morgan fingerprint density at radius 3 is 2.20 bits per heavy atom. The van der Waals surface area contributed by atoms with Crippen molar-refractivity contribution in [3.05, 3.63) is 139 Å². The number of aliphatic imine (C=N–C) groups is 1. The molecule has 1 N–H and O–H groups in total. The van der Waals surface area contributed by atoms with Crippen LogP contribution >= 0.6 is 0 Å². The number of nitrogens with one attached hydrogen (secondary N) is 1. The number of rotatable bonds is 8. The lowest BCUT2D eigenvalue weighted by molar-refractivity contribution is -0.111. The van der Waals surface area contributed by atoms with Crippen molar-refractivity contribution in [2.24, 2.45) is 10.1 Å². The number of pyridine rings is 1. The highest BCUT2D eigenvalue weighted by atomic mass is 16.5. The molecular weight excluding hydrogens is 630 g/mol. The van der Waals surface area contributed by atoms with E-state index < -0.39 is 5.97 Å². The smallest absolute Gasteiger partial charge is 0.378 e. The van der Waals surface area contributed by atoms with Crippen LogP contribution in [-0.4, -0.2) is 54.7 Å². The van der Waals surface area contributed by atoms with Crippen molar-refractivity contribution < 1.29 is 14.3 Å². The van der Waals surface area contributed by atoms with Gasteiger partial charge in [-0.1, -0.05) is 91.0 Å². The minimum absolute atomic E-state index is 0.0393. The molecule has 12 heteroatoms. The van der Waals surface area contributed by atoms with E-state index >= 15 is 0 Å². The maximum absolute atomic E-state index is 13.8. The lowest BCUT2D eigenvalue weighted by Crippen LogP contribution is -2.34. The molecule has 242 valence electrons. The molecule has 3 aromatic heterocycles. The summed E-state index contributed by atoms with van der Waals surface area (Å²) in [5.41, 5.74) is 9.11. The van der Waals surface area contributed by atoms with Gasteiger partial charge in [0, 0.05) is 11.1 Å². The van der Waals surface area contributed by atoms with Gasteiger partial charge in [0.25, 0.3) is 5.82 Å². The number of amidine groups is 2. The van der Waals surface area contributed by atoms with Gasteiger partial charge < -0.3 is 4.74 Å². The predicted octanol–water partition coefficient (Wildman–Crippen LogP) is 6.40. The average Bonchev–Trinajstić information content (AvgIpc) is 3.76. The van der Waals surface area contributed by atoms with Crippen LogP contribution in [0.3, 0.4) is 0 Å². The van der Waals surface area contributed by atoms with E-state index in [0.29, 0.717) is 33.9 Å². The Kier molecular flexibility index (Phi) is 7.78. The molecule has 0 unspecified atom stereocenters. The third-order valence-electron chi connectivity index (χ3n) is 8.02. The third-order valence-corrected chi connectivity index (χ3v) is 8.02. The van der Waals surface area contributed by atoms with Gasteiger partial charge in [-0.3, -0.25) is 15.1 Å². The maximum atomic E-state index is 13.8. The van der Waals surface area contributed by atoms with E-state index in [1.54, 1.807) is 11.8 Å². The average molecular weight is 658 g/mol. The fourth-order valence-corrected chi connectivity index (χ4v) is 5.70. The number of anilines is 2. The zero-order valence-corrected chi connectivity index (χ0v) is 26.6. The molecular formula is C38H27N9O3. The monoisotopic (exact) mass is 657 g/mol. The summed E-state index contributed by atoms with van der Waals surface area (Å²) in [6.45, 7) is 1.93. The third kappa shape index (κ3) is 5.60. The zero-order chi connectivity index (χ0) is 34.0. The Morgan fingerprint density at radius 2 is 1.50 bits per heavy atom. The van der Waals surface area contributed by atoms with Crippen LogP contribution in [0.25, 0.3) is 39.1 Å². The van der Waals surface area contributed by atoms with Crippen LogP contribution in [0.4, 0.5) is 11.4 Å². The molecule has 1 aliphatic heterocycles. The first-order chi connectivity index (χ1) is 24.6. The minimum atomic E-state index is -0.613. The second kappa shape index (κ2) is 12.8. The Bertz CT molecular complexity index is 2450. The summed E-state index contributed by atoms with van der Waals surface area (Å²) in [4.78, 5) is 46.4. The Hall–Kier alpha value is -7.08. The molecule has 50 heavy (non-hydrogen) atoms. The van der Waals surface area contributed by atoms with Crippen molar-refractivity contribution in [3.8, 4) is 22.4 Å². The van der Waals surface area contributed by atoms with Crippen LogP contribution in [0.2, 0.25) is 0 Å². The number of fused-ring (bicyclic) bond motifs is 3. The summed E-state index contributed by atoms with van der Waals surface area (Å²) in [5, 5.41) is 9.27. The number of benzene rings is 4. The van der Waals surface area contributed by atoms with Gasteiger partial charge in [-0.2, -0.15) is 0 Å². The van der Waals surface area contributed by atoms with Crippen LogP contribution in [0, 0.1) is 0 Å². The highest BCUT2D eigenvalue weighted by molar-refractivity contribution is 6.55. The molecule has 8 rings (SSSR count). The van der Waals surface area contributed by atoms with Crippen LogP contribution in [0.15, 0.2) is 138 Å². The largest absolute Gasteiger partial charge is 0.460 e. The fourth-order valence-electron chi connectivity index (χ4n) is 5.70. The molecule has 0 spiro atoms. The number of ether oxygens (including phenoxy) is 1. The number of hydrogen-bond acceptors (Lipinski definition) is 9. The molecule has 1 amide bonds. The summed E-state index contributed by atoms with van der Waals surface area (Å²) in [5.74, 6) is -0.524. The summed E-state index contributed by atoms with van der Waals surface area (Å²) in [7, 11) is 0. The Morgan fingerprint density at radius 1 is 0.820 bits per heavy atom. The first-order valence-corrected chi connectivity index (χ1v) is 15.8. The topological polar surface area (TPSA) is 139 Å². The van der Waals surface area contributed by atoms with Gasteiger partial charge in [-0.05, 0) is 48.4 Å². The van der Waals surface area contributed by atoms with Gasteiger partial charge in [0.15, 0.2) is 11.3 Å². The van der Waals surface area contributed by atoms with Crippen LogP contribution in [0.1, 0.15) is 23.1 Å². The van der Waals surface area contributed by atoms with Crippen LogP contribution < -0.4 is 10.3 Å². The molecule has 0 saturated carbocycles. The zero-order valence-electron chi connectivity index (χ0n) is 26.6. The van der Waals surface area contributed by atoms with E-state index in [2.05, 4.69) is 30.6 Å². The van der Waals surface area contributed by atoms with E-state index in [0.717, 1.165) is 27.9 Å². The second-order valence-corrected chi connectivity index (χ2v) is 11.2. The van der Waals surface area contributed by atoms with Gasteiger partial charge >= 0.3 is 11.9 Å². The number of hydrogen-bond donors (Lipinski definition) is 1. The Balaban J connectivity index is 1.19. The van der Waals surface area contributed by atoms with Crippen LogP contribution in [0.5, 0.6) is 0 Å². The number of carbonyl (C=O) groups excluding carboxylic acids is 2. The summed E-state index contributed by atoms with van der Waals surface area (Å²) in [6.07, 6.45) is 1.48. The molecule has 0 atom stereocenters. The fraction of sp³-hybridized carbons (Fsp3) is 0.0526. The van der Waals surface area contributed by atoms with E-state index in [-0.39, 0.29) is 24.2 Å². The van der Waals surface area contributed by atoms with E-state index in [1.165, 1.54) is 10.8 Å². The van der Waals surface area contributed by atoms with Crippen molar-refractivity contribution in [1.29, 1.82) is 0 Å². The van der Waals surface area contributed by atoms with Gasteiger partial charge in [0.05, 0.1) is 29.1 Å². The quantitative estimate of drug-likeness (QED) is 0.146. The normalized spacial score (nSPS) is 13.6.